The lowest BCUT2D eigenvalue weighted by molar-refractivity contribution is 0.482. The van der Waals surface area contributed by atoms with Crippen molar-refractivity contribution in [2.24, 2.45) is 5.73 Å². The second-order valence-corrected chi connectivity index (χ2v) is 4.80. The molecule has 2 rings (SSSR count). The second kappa shape index (κ2) is 5.42. The van der Waals surface area contributed by atoms with Crippen LogP contribution < -0.4 is 10.5 Å². The van der Waals surface area contributed by atoms with Crippen LogP contribution in [0.2, 0.25) is 5.02 Å². The molecule has 0 heterocycles. The van der Waals surface area contributed by atoms with Gasteiger partial charge in [-0.1, -0.05) is 29.8 Å². The average Bonchev–Trinajstić information content (AvgIpc) is 2.34. The molecule has 0 radical (unpaired) electrons. The summed E-state index contributed by atoms with van der Waals surface area (Å²) in [7, 11) is 0. The molecule has 2 aromatic carbocycles. The first-order valence-electron chi connectivity index (χ1n) is 5.86. The van der Waals surface area contributed by atoms with Crippen molar-refractivity contribution < 1.29 is 4.74 Å². The summed E-state index contributed by atoms with van der Waals surface area (Å²) in [5.74, 6) is 1.43. The highest BCUT2D eigenvalue weighted by Gasteiger charge is 2.04. The lowest BCUT2D eigenvalue weighted by Gasteiger charge is -2.10. The van der Waals surface area contributed by atoms with Crippen LogP contribution in [0, 0.1) is 6.92 Å². The molecule has 0 aliphatic carbocycles. The molecule has 0 fully saturated rings. The molecule has 94 valence electrons. The Morgan fingerprint density at radius 1 is 1.11 bits per heavy atom. The van der Waals surface area contributed by atoms with E-state index in [0.717, 1.165) is 16.9 Å². The number of hydrogen-bond acceptors (Lipinski definition) is 2. The number of halogens is 1. The smallest absolute Gasteiger partial charge is 0.146 e. The van der Waals surface area contributed by atoms with Crippen LogP contribution in [0.5, 0.6) is 11.5 Å². The highest BCUT2D eigenvalue weighted by atomic mass is 35.5. The zero-order valence-electron chi connectivity index (χ0n) is 10.5. The van der Waals surface area contributed by atoms with Gasteiger partial charge >= 0.3 is 0 Å². The Bertz CT molecular complexity index is 535. The van der Waals surface area contributed by atoms with E-state index in [1.54, 1.807) is 0 Å². The average molecular weight is 262 g/mol. The predicted molar refractivity (Wildman–Crippen MR) is 75.3 cm³/mol. The molecule has 0 bridgehead atoms. The van der Waals surface area contributed by atoms with E-state index in [-0.39, 0.29) is 6.04 Å². The molecule has 2 nitrogen and oxygen atoms in total. The van der Waals surface area contributed by atoms with Gasteiger partial charge < -0.3 is 10.5 Å². The summed E-state index contributed by atoms with van der Waals surface area (Å²) < 4.78 is 5.75. The van der Waals surface area contributed by atoms with E-state index in [0.29, 0.717) is 10.8 Å². The van der Waals surface area contributed by atoms with Crippen molar-refractivity contribution in [2.45, 2.75) is 19.9 Å². The molecule has 2 aromatic rings. The number of hydrogen-bond donors (Lipinski definition) is 1. The number of benzene rings is 2. The third kappa shape index (κ3) is 3.03. The summed E-state index contributed by atoms with van der Waals surface area (Å²) >= 11 is 6.08. The zero-order chi connectivity index (χ0) is 13.1. The van der Waals surface area contributed by atoms with Crippen LogP contribution in [-0.4, -0.2) is 0 Å². The molecule has 1 atom stereocenters. The van der Waals surface area contributed by atoms with Gasteiger partial charge in [0.1, 0.15) is 11.5 Å². The maximum Gasteiger partial charge on any atom is 0.146 e. The molecular weight excluding hydrogens is 246 g/mol. The second-order valence-electron chi connectivity index (χ2n) is 4.39. The fraction of sp³-hybridized carbons (Fsp3) is 0.200. The van der Waals surface area contributed by atoms with Gasteiger partial charge in [0.2, 0.25) is 0 Å². The first-order chi connectivity index (χ1) is 8.56. The van der Waals surface area contributed by atoms with Crippen LogP contribution >= 0.6 is 11.6 Å². The van der Waals surface area contributed by atoms with E-state index >= 15 is 0 Å². The van der Waals surface area contributed by atoms with Gasteiger partial charge in [-0.15, -0.1) is 0 Å². The van der Waals surface area contributed by atoms with Crippen LogP contribution in [0.25, 0.3) is 0 Å². The molecular formula is C15H16ClNO. The monoisotopic (exact) mass is 261 g/mol. The van der Waals surface area contributed by atoms with Crippen molar-refractivity contribution in [1.82, 2.24) is 0 Å². The minimum Gasteiger partial charge on any atom is -0.456 e. The summed E-state index contributed by atoms with van der Waals surface area (Å²) in [6, 6.07) is 13.5. The molecule has 0 amide bonds. The van der Waals surface area contributed by atoms with E-state index in [2.05, 4.69) is 0 Å². The molecule has 18 heavy (non-hydrogen) atoms. The maximum atomic E-state index is 6.08. The topological polar surface area (TPSA) is 35.2 Å². The standard InChI is InChI=1S/C15H16ClNO/c1-10-3-8-14(16)15(9-10)18-13-6-4-12(5-7-13)11(2)17/h3-9,11H,17H2,1-2H3/t11-/m0/s1. The minimum absolute atomic E-state index is 0.0293. The number of nitrogens with two attached hydrogens (primary N) is 1. The lowest BCUT2D eigenvalue weighted by atomic mass is 10.1. The quantitative estimate of drug-likeness (QED) is 0.885. The normalized spacial score (nSPS) is 12.2. The van der Waals surface area contributed by atoms with Crippen LogP contribution in [0.15, 0.2) is 42.5 Å². The summed E-state index contributed by atoms with van der Waals surface area (Å²) in [5, 5.41) is 0.608. The van der Waals surface area contributed by atoms with E-state index in [1.165, 1.54) is 0 Å². The molecule has 0 spiro atoms. The third-order valence-corrected chi connectivity index (χ3v) is 3.03. The van der Waals surface area contributed by atoms with Gasteiger partial charge in [0.05, 0.1) is 5.02 Å². The highest BCUT2D eigenvalue weighted by Crippen LogP contribution is 2.30. The van der Waals surface area contributed by atoms with Crippen LogP contribution in [-0.2, 0) is 0 Å². The van der Waals surface area contributed by atoms with E-state index in [1.807, 2.05) is 56.3 Å². The van der Waals surface area contributed by atoms with E-state index in [9.17, 15) is 0 Å². The largest absolute Gasteiger partial charge is 0.456 e. The van der Waals surface area contributed by atoms with Crippen molar-refractivity contribution in [2.75, 3.05) is 0 Å². The van der Waals surface area contributed by atoms with Crippen molar-refractivity contribution in [1.29, 1.82) is 0 Å². The van der Waals surface area contributed by atoms with Crippen molar-refractivity contribution in [3.63, 3.8) is 0 Å². The Hall–Kier alpha value is -1.51. The van der Waals surface area contributed by atoms with Gasteiger partial charge in [-0.2, -0.15) is 0 Å². The number of ether oxygens (including phenoxy) is 1. The van der Waals surface area contributed by atoms with Crippen molar-refractivity contribution in [3.8, 4) is 11.5 Å². The Balaban J connectivity index is 2.21. The SMILES string of the molecule is Cc1ccc(Cl)c(Oc2ccc([C@H](C)N)cc2)c1. The zero-order valence-corrected chi connectivity index (χ0v) is 11.2. The molecule has 2 N–H and O–H groups in total. The van der Waals surface area contributed by atoms with E-state index in [4.69, 9.17) is 22.1 Å². The maximum absolute atomic E-state index is 6.08. The Kier molecular flexibility index (Phi) is 3.90. The molecule has 0 unspecified atom stereocenters. The van der Waals surface area contributed by atoms with Gasteiger partial charge in [-0.25, -0.2) is 0 Å². The minimum atomic E-state index is 0.0293. The number of aryl methyl sites for hydroxylation is 1. The van der Waals surface area contributed by atoms with E-state index < -0.39 is 0 Å². The molecule has 3 heteroatoms. The third-order valence-electron chi connectivity index (χ3n) is 2.72. The molecule has 0 saturated heterocycles. The summed E-state index contributed by atoms with van der Waals surface area (Å²) in [4.78, 5) is 0. The fourth-order valence-corrected chi connectivity index (χ4v) is 1.81. The predicted octanol–water partition coefficient (Wildman–Crippen LogP) is 4.46. The highest BCUT2D eigenvalue weighted by molar-refractivity contribution is 6.32. The Morgan fingerprint density at radius 3 is 2.39 bits per heavy atom. The summed E-state index contributed by atoms with van der Waals surface area (Å²) in [6.45, 7) is 3.95. The first-order valence-corrected chi connectivity index (χ1v) is 6.23. The lowest BCUT2D eigenvalue weighted by Crippen LogP contribution is -2.04. The Labute approximate surface area is 112 Å². The summed E-state index contributed by atoms with van der Waals surface area (Å²) in [5.41, 5.74) is 7.99. The van der Waals surface area contributed by atoms with Gasteiger partial charge in [-0.3, -0.25) is 0 Å². The molecule has 0 aliphatic heterocycles. The van der Waals surface area contributed by atoms with Crippen LogP contribution in [0.1, 0.15) is 24.1 Å². The molecule has 0 saturated carbocycles. The molecule has 0 aromatic heterocycles. The summed E-state index contributed by atoms with van der Waals surface area (Å²) in [6.07, 6.45) is 0. The van der Waals surface area contributed by atoms with Gasteiger partial charge in [0.25, 0.3) is 0 Å². The Morgan fingerprint density at radius 2 is 1.78 bits per heavy atom. The van der Waals surface area contributed by atoms with Gasteiger partial charge in [-0.05, 0) is 49.2 Å². The number of rotatable bonds is 3. The van der Waals surface area contributed by atoms with Gasteiger partial charge in [0, 0.05) is 6.04 Å². The van der Waals surface area contributed by atoms with Crippen LogP contribution in [0.3, 0.4) is 0 Å². The van der Waals surface area contributed by atoms with Crippen LogP contribution in [0.4, 0.5) is 0 Å². The first kappa shape index (κ1) is 12.9. The molecule has 0 aliphatic rings. The fourth-order valence-electron chi connectivity index (χ4n) is 1.66. The van der Waals surface area contributed by atoms with Gasteiger partial charge in [0.15, 0.2) is 0 Å². The van der Waals surface area contributed by atoms with Crippen molar-refractivity contribution in [3.05, 3.63) is 58.6 Å². The van der Waals surface area contributed by atoms with Crippen molar-refractivity contribution >= 4 is 11.6 Å².